The van der Waals surface area contributed by atoms with Gasteiger partial charge in [0.1, 0.15) is 29.7 Å². The fraction of sp³-hybridized carbons (Fsp3) is 0.250. The number of halogens is 1. The summed E-state index contributed by atoms with van der Waals surface area (Å²) < 4.78 is 19.6. The average molecular weight is 346 g/mol. The quantitative estimate of drug-likeness (QED) is 0.390. The molecule has 1 fully saturated rings. The van der Waals surface area contributed by atoms with Gasteiger partial charge in [0.05, 0.1) is 0 Å². The van der Waals surface area contributed by atoms with Gasteiger partial charge in [-0.25, -0.2) is 15.2 Å². The Morgan fingerprint density at radius 3 is 2.76 bits per heavy atom. The molecule has 1 heterocycles. The molecule has 1 aromatic heterocycles. The smallest absolute Gasteiger partial charge is 0.251 e. The number of carbonyl (C=O) groups excluding carboxylic acids is 1. The first-order chi connectivity index (χ1) is 12.0. The lowest BCUT2D eigenvalue weighted by Gasteiger charge is -2.13. The summed E-state index contributed by atoms with van der Waals surface area (Å²) in [5.74, 6) is 5.12. The minimum absolute atomic E-state index is 0.131. The van der Waals surface area contributed by atoms with Crippen LogP contribution in [0.1, 0.15) is 28.8 Å². The largest absolute Gasteiger partial charge is 0.486 e. The van der Waals surface area contributed by atoms with E-state index >= 15 is 0 Å². The molecule has 0 aliphatic heterocycles. The van der Waals surface area contributed by atoms with E-state index in [4.69, 9.17) is 22.0 Å². The Bertz CT molecular complexity index is 809. The van der Waals surface area contributed by atoms with Crippen LogP contribution in [0.4, 0.5) is 21.7 Å². The summed E-state index contributed by atoms with van der Waals surface area (Å²) in [5.41, 5.74) is 14.6. The van der Waals surface area contributed by atoms with Crippen LogP contribution in [0.3, 0.4) is 0 Å². The van der Waals surface area contributed by atoms with Crippen LogP contribution in [0.2, 0.25) is 0 Å². The second kappa shape index (κ2) is 6.81. The number of pyridine rings is 1. The maximum absolute atomic E-state index is 14.0. The molecule has 8 N–H and O–H groups in total. The van der Waals surface area contributed by atoms with Crippen LogP contribution in [-0.4, -0.2) is 16.9 Å². The van der Waals surface area contributed by atoms with Gasteiger partial charge in [-0.3, -0.25) is 4.79 Å². The van der Waals surface area contributed by atoms with Gasteiger partial charge in [0.25, 0.3) is 5.91 Å². The Hall–Kier alpha value is -3.07. The number of rotatable bonds is 6. The van der Waals surface area contributed by atoms with E-state index in [1.54, 1.807) is 0 Å². The van der Waals surface area contributed by atoms with Gasteiger partial charge < -0.3 is 26.9 Å². The monoisotopic (exact) mass is 346 g/mol. The van der Waals surface area contributed by atoms with Crippen molar-refractivity contribution in [3.63, 3.8) is 0 Å². The maximum Gasteiger partial charge on any atom is 0.251 e. The highest BCUT2D eigenvalue weighted by Crippen LogP contribution is 2.30. The lowest BCUT2D eigenvalue weighted by molar-refractivity contribution is 0.0951. The summed E-state index contributed by atoms with van der Waals surface area (Å²) in [5, 5.41) is 2.85. The fourth-order valence-electron chi connectivity index (χ4n) is 2.26. The number of amides is 1. The summed E-state index contributed by atoms with van der Waals surface area (Å²) in [6, 6.07) is 5.76. The van der Waals surface area contributed by atoms with Crippen molar-refractivity contribution in [1.82, 2.24) is 10.3 Å². The molecule has 2 aromatic rings. The minimum atomic E-state index is -0.485. The summed E-state index contributed by atoms with van der Waals surface area (Å²) in [4.78, 5) is 16.0. The number of hydrogen-bond acceptors (Lipinski definition) is 7. The number of benzene rings is 1. The zero-order valence-corrected chi connectivity index (χ0v) is 13.4. The lowest BCUT2D eigenvalue weighted by Crippen LogP contribution is -2.25. The van der Waals surface area contributed by atoms with Crippen molar-refractivity contribution in [3.05, 3.63) is 41.2 Å². The molecule has 1 saturated carbocycles. The number of nitrogens with one attached hydrogen (secondary N) is 2. The van der Waals surface area contributed by atoms with Crippen molar-refractivity contribution in [2.45, 2.75) is 25.5 Å². The van der Waals surface area contributed by atoms with E-state index in [1.807, 2.05) is 0 Å². The Balaban J connectivity index is 1.76. The number of carbonyl (C=O) groups is 1. The van der Waals surface area contributed by atoms with Gasteiger partial charge in [-0.2, -0.15) is 0 Å². The zero-order chi connectivity index (χ0) is 18.0. The molecule has 1 aliphatic rings. The van der Waals surface area contributed by atoms with Gasteiger partial charge in [0, 0.05) is 23.2 Å². The lowest BCUT2D eigenvalue weighted by atomic mass is 10.1. The number of hydrazine groups is 1. The molecule has 0 atom stereocenters. The maximum atomic E-state index is 14.0. The van der Waals surface area contributed by atoms with E-state index in [-0.39, 0.29) is 47.2 Å². The van der Waals surface area contributed by atoms with Crippen LogP contribution in [0, 0.1) is 5.82 Å². The van der Waals surface area contributed by atoms with Crippen molar-refractivity contribution in [2.24, 2.45) is 5.84 Å². The van der Waals surface area contributed by atoms with Crippen LogP contribution >= 0.6 is 0 Å². The number of nitrogens with zero attached hydrogens (tertiary/aromatic N) is 1. The van der Waals surface area contributed by atoms with Gasteiger partial charge >= 0.3 is 0 Å². The van der Waals surface area contributed by atoms with E-state index in [0.29, 0.717) is 5.56 Å². The van der Waals surface area contributed by atoms with E-state index in [9.17, 15) is 9.18 Å². The predicted molar refractivity (Wildman–Crippen MR) is 92.1 cm³/mol. The second-order valence-corrected chi connectivity index (χ2v) is 5.79. The number of anilines is 3. The van der Waals surface area contributed by atoms with Crippen molar-refractivity contribution in [1.29, 1.82) is 0 Å². The van der Waals surface area contributed by atoms with Crippen molar-refractivity contribution in [2.75, 3.05) is 16.9 Å². The third-order valence-electron chi connectivity index (χ3n) is 3.78. The topological polar surface area (TPSA) is 141 Å². The minimum Gasteiger partial charge on any atom is -0.486 e. The predicted octanol–water partition coefficient (Wildman–Crippen LogP) is 1.14. The molecule has 0 radical (unpaired) electrons. The second-order valence-electron chi connectivity index (χ2n) is 5.79. The van der Waals surface area contributed by atoms with E-state index in [2.05, 4.69) is 15.7 Å². The summed E-state index contributed by atoms with van der Waals surface area (Å²) >= 11 is 0. The van der Waals surface area contributed by atoms with Crippen molar-refractivity contribution >= 4 is 23.2 Å². The molecule has 1 amide bonds. The van der Waals surface area contributed by atoms with Crippen LogP contribution in [-0.2, 0) is 6.61 Å². The van der Waals surface area contributed by atoms with E-state index in [1.165, 1.54) is 24.3 Å². The van der Waals surface area contributed by atoms with E-state index in [0.717, 1.165) is 12.8 Å². The Morgan fingerprint density at radius 1 is 1.32 bits per heavy atom. The molecule has 0 bridgehead atoms. The molecule has 132 valence electrons. The van der Waals surface area contributed by atoms with Crippen LogP contribution in [0.15, 0.2) is 24.3 Å². The first-order valence-corrected chi connectivity index (χ1v) is 7.72. The summed E-state index contributed by atoms with van der Waals surface area (Å²) in [7, 11) is 0. The molecule has 1 aromatic carbocycles. The van der Waals surface area contributed by atoms with E-state index < -0.39 is 5.82 Å². The number of aromatic nitrogens is 1. The molecule has 9 heteroatoms. The number of hydrogen-bond donors (Lipinski definition) is 5. The Kier molecular flexibility index (Phi) is 4.57. The SMILES string of the molecule is NNc1nc(N)cc(OCc2cc(C(=O)NC3CC3)ccc2F)c1N. The van der Waals surface area contributed by atoms with Gasteiger partial charge in [-0.05, 0) is 31.0 Å². The normalized spacial score (nSPS) is 13.4. The van der Waals surface area contributed by atoms with Gasteiger partial charge in [-0.15, -0.1) is 0 Å². The molecule has 8 nitrogen and oxygen atoms in total. The van der Waals surface area contributed by atoms with Crippen molar-refractivity contribution < 1.29 is 13.9 Å². The highest BCUT2D eigenvalue weighted by molar-refractivity contribution is 5.94. The molecular formula is C16H19FN6O2. The molecule has 0 saturated heterocycles. The molecule has 0 unspecified atom stereocenters. The molecule has 1 aliphatic carbocycles. The van der Waals surface area contributed by atoms with Gasteiger partial charge in [0.15, 0.2) is 5.82 Å². The first kappa shape index (κ1) is 16.8. The van der Waals surface area contributed by atoms with Crippen LogP contribution < -0.4 is 32.8 Å². The van der Waals surface area contributed by atoms with Gasteiger partial charge in [-0.1, -0.05) is 0 Å². The molecule has 25 heavy (non-hydrogen) atoms. The fourth-order valence-corrected chi connectivity index (χ4v) is 2.26. The first-order valence-electron chi connectivity index (χ1n) is 7.72. The third-order valence-corrected chi connectivity index (χ3v) is 3.78. The molecule has 3 rings (SSSR count). The van der Waals surface area contributed by atoms with Gasteiger partial charge in [0.2, 0.25) is 0 Å². The Morgan fingerprint density at radius 2 is 2.08 bits per heavy atom. The molecule has 0 spiro atoms. The summed E-state index contributed by atoms with van der Waals surface area (Å²) in [6.07, 6.45) is 1.95. The summed E-state index contributed by atoms with van der Waals surface area (Å²) in [6.45, 7) is -0.131. The number of nitrogen functional groups attached to an aromatic ring is 3. The molecular weight excluding hydrogens is 327 g/mol. The van der Waals surface area contributed by atoms with Crippen LogP contribution in [0.5, 0.6) is 5.75 Å². The highest BCUT2D eigenvalue weighted by Gasteiger charge is 2.24. The van der Waals surface area contributed by atoms with Crippen molar-refractivity contribution in [3.8, 4) is 5.75 Å². The highest BCUT2D eigenvalue weighted by atomic mass is 19.1. The zero-order valence-electron chi connectivity index (χ0n) is 13.4. The average Bonchev–Trinajstić information content (AvgIpc) is 3.40. The number of nitrogens with two attached hydrogens (primary N) is 3. The number of ether oxygens (including phenoxy) is 1. The standard InChI is InChI=1S/C16H19FN6O2/c17-11-4-1-8(16(24)21-10-2-3-10)5-9(11)7-25-12-6-13(18)22-15(23-20)14(12)19/h1,4-6,10H,2-3,7,19-20H2,(H,21,24)(H3,18,22,23). The Labute approximate surface area is 143 Å². The third kappa shape index (κ3) is 3.89. The van der Waals surface area contributed by atoms with Crippen LogP contribution in [0.25, 0.3) is 0 Å².